The highest BCUT2D eigenvalue weighted by Gasteiger charge is 2.39. The maximum atomic E-state index is 5.76. The van der Waals surface area contributed by atoms with Gasteiger partial charge in [-0.25, -0.2) is 9.97 Å². The lowest BCUT2D eigenvalue weighted by Crippen LogP contribution is -2.21. The van der Waals surface area contributed by atoms with Gasteiger partial charge in [0.05, 0.1) is 7.11 Å². The van der Waals surface area contributed by atoms with Crippen LogP contribution in [0.2, 0.25) is 0 Å². The van der Waals surface area contributed by atoms with Gasteiger partial charge in [0.2, 0.25) is 5.75 Å². The third-order valence-electron chi connectivity index (χ3n) is 4.45. The maximum absolute atomic E-state index is 5.76. The Morgan fingerprint density at radius 2 is 2.28 bits per heavy atom. The Kier molecular flexibility index (Phi) is 2.97. The van der Waals surface area contributed by atoms with E-state index in [1.165, 1.54) is 32.0 Å². The molecular formula is C13H20N4O. The first-order valence-corrected chi connectivity index (χ1v) is 6.66. The molecule has 3 N–H and O–H groups in total. The van der Waals surface area contributed by atoms with Crippen LogP contribution in [-0.2, 0) is 0 Å². The number of methoxy groups -OCH3 is 1. The number of anilines is 2. The van der Waals surface area contributed by atoms with Crippen LogP contribution in [0.25, 0.3) is 0 Å². The van der Waals surface area contributed by atoms with E-state index in [-0.39, 0.29) is 0 Å². The van der Waals surface area contributed by atoms with Gasteiger partial charge in [0.15, 0.2) is 11.6 Å². The fraction of sp³-hybridized carbons (Fsp3) is 0.692. The summed E-state index contributed by atoms with van der Waals surface area (Å²) in [6.45, 7) is 0.966. The Morgan fingerprint density at radius 3 is 2.94 bits per heavy atom. The molecule has 3 atom stereocenters. The Hall–Kier alpha value is -1.52. The smallest absolute Gasteiger partial charge is 0.203 e. The van der Waals surface area contributed by atoms with Crippen LogP contribution in [0.15, 0.2) is 6.33 Å². The third kappa shape index (κ3) is 1.98. The number of rotatable bonds is 4. The maximum Gasteiger partial charge on any atom is 0.203 e. The van der Waals surface area contributed by atoms with Crippen LogP contribution < -0.4 is 15.8 Å². The Labute approximate surface area is 107 Å². The summed E-state index contributed by atoms with van der Waals surface area (Å²) in [5.74, 6) is 4.33. The predicted octanol–water partition coefficient (Wildman–Crippen LogP) is 1.92. The molecule has 2 bridgehead atoms. The number of nitrogens with two attached hydrogens (primary N) is 1. The molecule has 1 aromatic heterocycles. The lowest BCUT2D eigenvalue weighted by atomic mass is 9.89. The third-order valence-corrected chi connectivity index (χ3v) is 4.45. The fourth-order valence-corrected chi connectivity index (χ4v) is 3.57. The van der Waals surface area contributed by atoms with E-state index in [2.05, 4.69) is 15.3 Å². The number of aromatic nitrogens is 2. The van der Waals surface area contributed by atoms with Crippen molar-refractivity contribution in [3.63, 3.8) is 0 Å². The molecule has 0 radical (unpaired) electrons. The summed E-state index contributed by atoms with van der Waals surface area (Å²) in [5.41, 5.74) is 5.76. The highest BCUT2D eigenvalue weighted by atomic mass is 16.5. The van der Waals surface area contributed by atoms with Crippen LogP contribution in [0.3, 0.4) is 0 Å². The number of nitrogen functional groups attached to an aromatic ring is 1. The molecule has 0 aliphatic heterocycles. The van der Waals surface area contributed by atoms with E-state index in [4.69, 9.17) is 10.5 Å². The van der Waals surface area contributed by atoms with E-state index in [9.17, 15) is 0 Å². The summed E-state index contributed by atoms with van der Waals surface area (Å²) in [7, 11) is 1.60. The minimum Gasteiger partial charge on any atom is -0.490 e. The first-order chi connectivity index (χ1) is 8.78. The second-order valence-corrected chi connectivity index (χ2v) is 5.46. The number of nitrogens with one attached hydrogen (secondary N) is 1. The molecule has 2 fully saturated rings. The van der Waals surface area contributed by atoms with Gasteiger partial charge < -0.3 is 15.8 Å². The van der Waals surface area contributed by atoms with Crippen molar-refractivity contribution in [2.45, 2.75) is 25.7 Å². The summed E-state index contributed by atoms with van der Waals surface area (Å²) in [6.07, 6.45) is 7.10. The topological polar surface area (TPSA) is 73.1 Å². The van der Waals surface area contributed by atoms with Gasteiger partial charge in [0.1, 0.15) is 6.33 Å². The van der Waals surface area contributed by atoms with E-state index in [0.29, 0.717) is 17.4 Å². The van der Waals surface area contributed by atoms with E-state index in [0.717, 1.165) is 24.3 Å². The van der Waals surface area contributed by atoms with Crippen molar-refractivity contribution in [1.29, 1.82) is 0 Å². The van der Waals surface area contributed by atoms with Crippen LogP contribution in [0.1, 0.15) is 25.7 Å². The first kappa shape index (κ1) is 11.6. The second kappa shape index (κ2) is 4.63. The zero-order valence-corrected chi connectivity index (χ0v) is 10.7. The van der Waals surface area contributed by atoms with Crippen LogP contribution >= 0.6 is 0 Å². The van der Waals surface area contributed by atoms with Gasteiger partial charge in [0.25, 0.3) is 0 Å². The monoisotopic (exact) mass is 248 g/mol. The molecule has 0 amide bonds. The van der Waals surface area contributed by atoms with Crippen LogP contribution in [0, 0.1) is 17.8 Å². The molecule has 2 aliphatic carbocycles. The van der Waals surface area contributed by atoms with E-state index >= 15 is 0 Å². The van der Waals surface area contributed by atoms with Crippen molar-refractivity contribution in [2.75, 3.05) is 24.7 Å². The van der Waals surface area contributed by atoms with Crippen LogP contribution in [-0.4, -0.2) is 23.6 Å². The zero-order valence-electron chi connectivity index (χ0n) is 10.7. The molecule has 0 aromatic carbocycles. The van der Waals surface area contributed by atoms with Crippen molar-refractivity contribution in [1.82, 2.24) is 9.97 Å². The van der Waals surface area contributed by atoms with Gasteiger partial charge in [-0.1, -0.05) is 6.42 Å². The Morgan fingerprint density at radius 1 is 1.39 bits per heavy atom. The molecule has 1 heterocycles. The molecule has 3 unspecified atom stereocenters. The van der Waals surface area contributed by atoms with Crippen LogP contribution in [0.5, 0.6) is 5.75 Å². The molecule has 2 saturated carbocycles. The van der Waals surface area contributed by atoms with E-state index in [1.54, 1.807) is 7.11 Å². The number of hydrogen-bond acceptors (Lipinski definition) is 5. The average molecular weight is 248 g/mol. The Balaban J connectivity index is 1.65. The average Bonchev–Trinajstić information content (AvgIpc) is 2.98. The van der Waals surface area contributed by atoms with Crippen LogP contribution in [0.4, 0.5) is 11.6 Å². The summed E-state index contributed by atoms with van der Waals surface area (Å²) in [5, 5.41) is 3.38. The Bertz CT molecular complexity index is 437. The molecule has 1 aromatic rings. The number of ether oxygens (including phenoxy) is 1. The summed E-state index contributed by atoms with van der Waals surface area (Å²) < 4.78 is 5.24. The number of hydrogen-bond donors (Lipinski definition) is 2. The molecule has 3 rings (SSSR count). The normalized spacial score (nSPS) is 29.5. The lowest BCUT2D eigenvalue weighted by molar-refractivity contribution is 0.347. The van der Waals surface area contributed by atoms with Gasteiger partial charge in [-0.05, 0) is 37.0 Å². The minimum absolute atomic E-state index is 0.392. The lowest BCUT2D eigenvalue weighted by Gasteiger charge is -2.22. The van der Waals surface area contributed by atoms with Crippen molar-refractivity contribution in [3.05, 3.63) is 6.33 Å². The highest BCUT2D eigenvalue weighted by molar-refractivity contribution is 5.61. The first-order valence-electron chi connectivity index (χ1n) is 6.66. The minimum atomic E-state index is 0.392. The fourth-order valence-electron chi connectivity index (χ4n) is 3.57. The van der Waals surface area contributed by atoms with Gasteiger partial charge in [0, 0.05) is 6.54 Å². The van der Waals surface area contributed by atoms with Gasteiger partial charge in [-0.3, -0.25) is 0 Å². The molecule has 0 saturated heterocycles. The predicted molar refractivity (Wildman–Crippen MR) is 70.4 cm³/mol. The molecule has 2 aliphatic rings. The molecule has 98 valence electrons. The summed E-state index contributed by atoms with van der Waals surface area (Å²) in [6, 6.07) is 0. The number of fused-ring (bicyclic) bond motifs is 2. The molecule has 5 heteroatoms. The van der Waals surface area contributed by atoms with E-state index in [1.807, 2.05) is 0 Å². The second-order valence-electron chi connectivity index (χ2n) is 5.46. The van der Waals surface area contributed by atoms with Gasteiger partial charge in [-0.2, -0.15) is 0 Å². The molecule has 5 nitrogen and oxygen atoms in total. The SMILES string of the molecule is COc1c(N)ncnc1NCC1CC2CCC1C2. The summed E-state index contributed by atoms with van der Waals surface area (Å²) >= 11 is 0. The van der Waals surface area contributed by atoms with Crippen molar-refractivity contribution >= 4 is 11.6 Å². The van der Waals surface area contributed by atoms with Gasteiger partial charge >= 0.3 is 0 Å². The largest absolute Gasteiger partial charge is 0.490 e. The van der Waals surface area contributed by atoms with Crippen molar-refractivity contribution in [2.24, 2.45) is 17.8 Å². The quantitative estimate of drug-likeness (QED) is 0.851. The van der Waals surface area contributed by atoms with Crippen molar-refractivity contribution in [3.8, 4) is 5.75 Å². The molecule has 0 spiro atoms. The zero-order chi connectivity index (χ0) is 12.5. The standard InChI is InChI=1S/C13H20N4O/c1-18-11-12(14)16-7-17-13(11)15-6-10-5-8-2-3-9(10)4-8/h7-10H,2-6H2,1H3,(H3,14,15,16,17). The summed E-state index contributed by atoms with van der Waals surface area (Å²) in [4.78, 5) is 8.14. The molecule has 18 heavy (non-hydrogen) atoms. The number of nitrogens with zero attached hydrogens (tertiary/aromatic N) is 2. The molecular weight excluding hydrogens is 228 g/mol. The highest BCUT2D eigenvalue weighted by Crippen LogP contribution is 2.48. The van der Waals surface area contributed by atoms with Crippen molar-refractivity contribution < 1.29 is 4.74 Å². The van der Waals surface area contributed by atoms with Gasteiger partial charge in [-0.15, -0.1) is 0 Å². The van der Waals surface area contributed by atoms with E-state index < -0.39 is 0 Å².